The molecule has 0 bridgehead atoms. The summed E-state index contributed by atoms with van der Waals surface area (Å²) in [4.78, 5) is 0.331. The van der Waals surface area contributed by atoms with Gasteiger partial charge in [0.2, 0.25) is 10.0 Å². The molecular weight excluding hydrogens is 290 g/mol. The fourth-order valence-corrected chi connectivity index (χ4v) is 3.67. The van der Waals surface area contributed by atoms with E-state index in [0.29, 0.717) is 24.6 Å². The zero-order valence-corrected chi connectivity index (χ0v) is 13.8. The molecule has 1 saturated carbocycles. The molecule has 0 amide bonds. The van der Waals surface area contributed by atoms with Gasteiger partial charge in [0, 0.05) is 45.7 Å². The minimum absolute atomic E-state index is 0.103. The number of hydrogen-bond donors (Lipinski definition) is 2. The zero-order chi connectivity index (χ0) is 15.5. The maximum absolute atomic E-state index is 12.4. The molecule has 1 aromatic rings. The topological polar surface area (TPSA) is 72.4 Å². The highest BCUT2D eigenvalue weighted by Gasteiger charge is 2.42. The molecule has 0 saturated heterocycles. The Morgan fingerprint density at radius 3 is 2.71 bits per heavy atom. The third-order valence-corrected chi connectivity index (χ3v) is 5.55. The van der Waals surface area contributed by atoms with Crippen molar-refractivity contribution in [2.45, 2.75) is 30.7 Å². The highest BCUT2D eigenvalue weighted by atomic mass is 32.2. The number of nitrogens with zero attached hydrogens (tertiary/aromatic N) is 1. The third kappa shape index (κ3) is 4.06. The number of aryl methyl sites for hydroxylation is 1. The van der Waals surface area contributed by atoms with Crippen molar-refractivity contribution in [3.8, 4) is 0 Å². The highest BCUT2D eigenvalue weighted by molar-refractivity contribution is 7.89. The van der Waals surface area contributed by atoms with Gasteiger partial charge in [0.25, 0.3) is 0 Å². The van der Waals surface area contributed by atoms with E-state index in [1.165, 1.54) is 0 Å². The summed E-state index contributed by atoms with van der Waals surface area (Å²) in [5.41, 5.74) is 1.05. The lowest BCUT2D eigenvalue weighted by Gasteiger charge is -2.15. The predicted molar refractivity (Wildman–Crippen MR) is 81.5 cm³/mol. The van der Waals surface area contributed by atoms with Crippen LogP contribution in [0.1, 0.15) is 25.0 Å². The molecule has 1 aromatic heterocycles. The minimum atomic E-state index is -3.44. The molecule has 1 heterocycles. The van der Waals surface area contributed by atoms with Gasteiger partial charge in [-0.3, -0.25) is 0 Å². The second kappa shape index (κ2) is 6.48. The van der Waals surface area contributed by atoms with Gasteiger partial charge in [-0.25, -0.2) is 13.1 Å². The van der Waals surface area contributed by atoms with Gasteiger partial charge in [-0.2, -0.15) is 0 Å². The first kappa shape index (κ1) is 16.5. The van der Waals surface area contributed by atoms with Gasteiger partial charge < -0.3 is 14.6 Å². The number of rotatable bonds is 9. The van der Waals surface area contributed by atoms with Crippen molar-refractivity contribution >= 4 is 10.0 Å². The monoisotopic (exact) mass is 315 g/mol. The Balaban J connectivity index is 2.00. The SMILES string of the molecule is CNCc1cc(S(=O)(=O)NCC2(CCOC)CC2)cn1C. The fourth-order valence-electron chi connectivity index (χ4n) is 2.42. The fraction of sp³-hybridized carbons (Fsp3) is 0.714. The number of ether oxygens (including phenoxy) is 1. The van der Waals surface area contributed by atoms with Crippen LogP contribution in [-0.2, 0) is 28.4 Å². The first-order valence-electron chi connectivity index (χ1n) is 7.21. The molecule has 7 heteroatoms. The molecule has 1 aliphatic carbocycles. The number of hydrogen-bond acceptors (Lipinski definition) is 4. The van der Waals surface area contributed by atoms with Crippen LogP contribution < -0.4 is 10.0 Å². The van der Waals surface area contributed by atoms with E-state index < -0.39 is 10.0 Å². The summed E-state index contributed by atoms with van der Waals surface area (Å²) in [6.45, 7) is 1.82. The van der Waals surface area contributed by atoms with E-state index in [0.717, 1.165) is 25.0 Å². The number of aromatic nitrogens is 1. The first-order chi connectivity index (χ1) is 9.92. The number of sulfonamides is 1. The molecule has 21 heavy (non-hydrogen) atoms. The summed E-state index contributed by atoms with van der Waals surface area (Å²) in [6.07, 6.45) is 4.70. The normalized spacial score (nSPS) is 17.1. The molecule has 0 spiro atoms. The van der Waals surface area contributed by atoms with E-state index in [1.54, 1.807) is 19.4 Å². The molecule has 2 rings (SSSR count). The van der Waals surface area contributed by atoms with E-state index in [-0.39, 0.29) is 5.41 Å². The summed E-state index contributed by atoms with van der Waals surface area (Å²) in [5.74, 6) is 0. The third-order valence-electron chi connectivity index (χ3n) is 4.18. The summed E-state index contributed by atoms with van der Waals surface area (Å²) >= 11 is 0. The van der Waals surface area contributed by atoms with Crippen molar-refractivity contribution in [1.29, 1.82) is 0 Å². The average Bonchev–Trinajstić information content (AvgIpc) is 3.13. The smallest absolute Gasteiger partial charge is 0.242 e. The van der Waals surface area contributed by atoms with Crippen LogP contribution in [0.5, 0.6) is 0 Å². The van der Waals surface area contributed by atoms with Crippen molar-refractivity contribution in [1.82, 2.24) is 14.6 Å². The highest BCUT2D eigenvalue weighted by Crippen LogP contribution is 2.48. The number of methoxy groups -OCH3 is 1. The lowest BCUT2D eigenvalue weighted by atomic mass is 10.0. The Labute approximate surface area is 126 Å². The molecule has 0 aromatic carbocycles. The molecule has 2 N–H and O–H groups in total. The van der Waals surface area contributed by atoms with Crippen molar-refractivity contribution in [2.75, 3.05) is 27.3 Å². The Bertz CT molecular complexity index is 576. The van der Waals surface area contributed by atoms with E-state index in [1.807, 2.05) is 18.7 Å². The van der Waals surface area contributed by atoms with Crippen molar-refractivity contribution in [3.05, 3.63) is 18.0 Å². The summed E-state index contributed by atoms with van der Waals surface area (Å²) in [6, 6.07) is 1.72. The maximum Gasteiger partial charge on any atom is 0.242 e. The van der Waals surface area contributed by atoms with E-state index in [9.17, 15) is 8.42 Å². The molecule has 1 aliphatic rings. The summed E-state index contributed by atoms with van der Waals surface area (Å²) in [5, 5.41) is 3.03. The van der Waals surface area contributed by atoms with Gasteiger partial charge >= 0.3 is 0 Å². The first-order valence-corrected chi connectivity index (χ1v) is 8.69. The van der Waals surface area contributed by atoms with Crippen molar-refractivity contribution in [3.63, 3.8) is 0 Å². The molecule has 0 unspecified atom stereocenters. The standard InChI is InChI=1S/C14H25N3O3S/c1-15-9-12-8-13(10-17(12)2)21(18,19)16-11-14(4-5-14)6-7-20-3/h8,10,15-16H,4-7,9,11H2,1-3H3. The number of nitrogens with one attached hydrogen (secondary N) is 2. The van der Waals surface area contributed by atoms with Crippen LogP contribution in [0.2, 0.25) is 0 Å². The van der Waals surface area contributed by atoms with Crippen LogP contribution in [-0.4, -0.2) is 40.3 Å². The lowest BCUT2D eigenvalue weighted by molar-refractivity contribution is 0.173. The van der Waals surface area contributed by atoms with Gasteiger partial charge in [0.1, 0.15) is 0 Å². The molecule has 0 radical (unpaired) electrons. The van der Waals surface area contributed by atoms with Gasteiger partial charge in [0.05, 0.1) is 4.90 Å². The minimum Gasteiger partial charge on any atom is -0.385 e. The quantitative estimate of drug-likeness (QED) is 0.708. The van der Waals surface area contributed by atoms with Crippen LogP contribution in [0.15, 0.2) is 17.2 Å². The van der Waals surface area contributed by atoms with Crippen LogP contribution >= 0.6 is 0 Å². The largest absolute Gasteiger partial charge is 0.385 e. The molecular formula is C14H25N3O3S. The molecule has 120 valence electrons. The Kier molecular flexibility index (Phi) is 5.08. The summed E-state index contributed by atoms with van der Waals surface area (Å²) < 4.78 is 34.4. The molecule has 0 atom stereocenters. The van der Waals surface area contributed by atoms with E-state index in [2.05, 4.69) is 10.0 Å². The predicted octanol–water partition coefficient (Wildman–Crippen LogP) is 0.840. The van der Waals surface area contributed by atoms with E-state index in [4.69, 9.17) is 4.74 Å². The van der Waals surface area contributed by atoms with E-state index >= 15 is 0 Å². The Morgan fingerprint density at radius 2 is 2.14 bits per heavy atom. The summed E-state index contributed by atoms with van der Waals surface area (Å²) in [7, 11) is 1.93. The van der Waals surface area contributed by atoms with Crippen LogP contribution in [0.4, 0.5) is 0 Å². The van der Waals surface area contributed by atoms with Crippen molar-refractivity contribution < 1.29 is 13.2 Å². The lowest BCUT2D eigenvalue weighted by Crippen LogP contribution is -2.30. The Hall–Kier alpha value is -0.890. The second-order valence-electron chi connectivity index (χ2n) is 5.88. The van der Waals surface area contributed by atoms with Crippen molar-refractivity contribution in [2.24, 2.45) is 12.5 Å². The van der Waals surface area contributed by atoms with Gasteiger partial charge in [-0.15, -0.1) is 0 Å². The maximum atomic E-state index is 12.4. The van der Waals surface area contributed by atoms with Gasteiger partial charge in [0.15, 0.2) is 0 Å². The van der Waals surface area contributed by atoms with Crippen LogP contribution in [0.25, 0.3) is 0 Å². The average molecular weight is 315 g/mol. The van der Waals surface area contributed by atoms with Crippen LogP contribution in [0, 0.1) is 5.41 Å². The molecule has 1 fully saturated rings. The Morgan fingerprint density at radius 1 is 1.43 bits per heavy atom. The van der Waals surface area contributed by atoms with Crippen LogP contribution in [0.3, 0.4) is 0 Å². The zero-order valence-electron chi connectivity index (χ0n) is 13.0. The van der Waals surface area contributed by atoms with Gasteiger partial charge in [-0.1, -0.05) is 0 Å². The molecule has 6 nitrogen and oxygen atoms in total. The second-order valence-corrected chi connectivity index (χ2v) is 7.64. The molecule has 0 aliphatic heterocycles. The van der Waals surface area contributed by atoms with Gasteiger partial charge in [-0.05, 0) is 37.8 Å².